The molecule has 22 heavy (non-hydrogen) atoms. The average molecular weight is 305 g/mol. The summed E-state index contributed by atoms with van der Waals surface area (Å²) in [6.45, 7) is 4.84. The van der Waals surface area contributed by atoms with Gasteiger partial charge in [0.2, 0.25) is 5.91 Å². The van der Waals surface area contributed by atoms with Crippen LogP contribution in [0.5, 0.6) is 0 Å². The van der Waals surface area contributed by atoms with Gasteiger partial charge in [-0.05, 0) is 19.4 Å². The molecule has 1 amide bonds. The lowest BCUT2D eigenvalue weighted by atomic mass is 10.3. The number of anilines is 1. The Bertz CT molecular complexity index is 674. The van der Waals surface area contributed by atoms with Crippen molar-refractivity contribution in [2.75, 3.05) is 5.32 Å². The number of amides is 1. The van der Waals surface area contributed by atoms with Gasteiger partial charge in [-0.25, -0.2) is 9.48 Å². The number of carbonyl (C=O) groups is 2. The molecular formula is C14H19N5O3. The first-order valence-corrected chi connectivity index (χ1v) is 7.10. The molecule has 2 N–H and O–H groups in total. The minimum Gasteiger partial charge on any atom is -0.477 e. The van der Waals surface area contributed by atoms with E-state index in [4.69, 9.17) is 5.11 Å². The largest absolute Gasteiger partial charge is 0.477 e. The SMILES string of the molecule is CCCn1nc(C)cc1NC(=O)CCn1nccc1C(=O)O. The Morgan fingerprint density at radius 2 is 2.09 bits per heavy atom. The second-order valence-corrected chi connectivity index (χ2v) is 4.94. The molecule has 2 heterocycles. The van der Waals surface area contributed by atoms with Gasteiger partial charge in [-0.2, -0.15) is 10.2 Å². The highest BCUT2D eigenvalue weighted by Gasteiger charge is 2.13. The van der Waals surface area contributed by atoms with Gasteiger partial charge in [-0.1, -0.05) is 6.92 Å². The fourth-order valence-electron chi connectivity index (χ4n) is 2.13. The van der Waals surface area contributed by atoms with Crippen molar-refractivity contribution in [1.29, 1.82) is 0 Å². The molecule has 0 aliphatic heterocycles. The summed E-state index contributed by atoms with van der Waals surface area (Å²) in [5.74, 6) is -0.609. The summed E-state index contributed by atoms with van der Waals surface area (Å²) in [5, 5.41) is 20.0. The zero-order valence-corrected chi connectivity index (χ0v) is 12.6. The van der Waals surface area contributed by atoms with Crippen LogP contribution in [-0.2, 0) is 17.9 Å². The number of rotatable bonds is 7. The Balaban J connectivity index is 1.96. The zero-order chi connectivity index (χ0) is 16.1. The van der Waals surface area contributed by atoms with Crippen molar-refractivity contribution in [3.05, 3.63) is 29.7 Å². The van der Waals surface area contributed by atoms with Gasteiger partial charge in [0, 0.05) is 25.2 Å². The van der Waals surface area contributed by atoms with Crippen molar-refractivity contribution in [2.24, 2.45) is 0 Å². The monoisotopic (exact) mass is 305 g/mol. The summed E-state index contributed by atoms with van der Waals surface area (Å²) in [6.07, 6.45) is 2.46. The van der Waals surface area contributed by atoms with Gasteiger partial charge in [0.05, 0.1) is 12.2 Å². The topological polar surface area (TPSA) is 102 Å². The minimum absolute atomic E-state index is 0.0691. The van der Waals surface area contributed by atoms with E-state index < -0.39 is 5.97 Å². The van der Waals surface area contributed by atoms with E-state index in [0.29, 0.717) is 5.82 Å². The van der Waals surface area contributed by atoms with E-state index in [1.807, 2.05) is 19.9 Å². The second kappa shape index (κ2) is 6.88. The third kappa shape index (κ3) is 3.72. The summed E-state index contributed by atoms with van der Waals surface area (Å²) in [4.78, 5) is 23.0. The summed E-state index contributed by atoms with van der Waals surface area (Å²) in [7, 11) is 0. The first-order chi connectivity index (χ1) is 10.5. The zero-order valence-electron chi connectivity index (χ0n) is 12.6. The summed E-state index contributed by atoms with van der Waals surface area (Å²) in [6, 6.07) is 3.21. The van der Waals surface area contributed by atoms with Crippen LogP contribution in [-0.4, -0.2) is 36.5 Å². The molecule has 0 unspecified atom stereocenters. The van der Waals surface area contributed by atoms with Crippen molar-refractivity contribution in [2.45, 2.75) is 39.8 Å². The highest BCUT2D eigenvalue weighted by atomic mass is 16.4. The number of hydrogen-bond acceptors (Lipinski definition) is 4. The van der Waals surface area contributed by atoms with E-state index in [1.165, 1.54) is 16.9 Å². The Morgan fingerprint density at radius 3 is 2.77 bits per heavy atom. The van der Waals surface area contributed by atoms with E-state index in [9.17, 15) is 9.59 Å². The maximum Gasteiger partial charge on any atom is 0.354 e. The number of aromatic carboxylic acids is 1. The van der Waals surface area contributed by atoms with E-state index in [0.717, 1.165) is 18.7 Å². The van der Waals surface area contributed by atoms with E-state index in [1.54, 1.807) is 4.68 Å². The van der Waals surface area contributed by atoms with Crippen molar-refractivity contribution >= 4 is 17.7 Å². The first-order valence-electron chi connectivity index (χ1n) is 7.10. The van der Waals surface area contributed by atoms with E-state index in [-0.39, 0.29) is 24.6 Å². The third-order valence-corrected chi connectivity index (χ3v) is 3.09. The summed E-state index contributed by atoms with van der Waals surface area (Å²) >= 11 is 0. The highest BCUT2D eigenvalue weighted by molar-refractivity contribution is 5.90. The van der Waals surface area contributed by atoms with Crippen LogP contribution in [0.25, 0.3) is 0 Å². The third-order valence-electron chi connectivity index (χ3n) is 3.09. The second-order valence-electron chi connectivity index (χ2n) is 4.94. The standard InChI is InChI=1S/C14H19N5O3/c1-3-7-19-12(9-10(2)17-19)16-13(20)5-8-18-11(14(21)22)4-6-15-18/h4,6,9H,3,5,7-8H2,1-2H3,(H,16,20)(H,21,22). The molecule has 0 fully saturated rings. The van der Waals surface area contributed by atoms with Crippen LogP contribution in [0.15, 0.2) is 18.3 Å². The maximum atomic E-state index is 12.0. The number of aromatic nitrogens is 4. The first kappa shape index (κ1) is 15.7. The molecule has 0 radical (unpaired) electrons. The Labute approximate surface area is 127 Å². The lowest BCUT2D eigenvalue weighted by Crippen LogP contribution is -2.19. The summed E-state index contributed by atoms with van der Waals surface area (Å²) < 4.78 is 3.06. The van der Waals surface area contributed by atoms with Crippen LogP contribution < -0.4 is 5.32 Å². The maximum absolute atomic E-state index is 12.0. The Kier molecular flexibility index (Phi) is 4.92. The van der Waals surface area contributed by atoms with Gasteiger partial charge >= 0.3 is 5.97 Å². The molecule has 2 rings (SSSR count). The molecule has 0 saturated heterocycles. The molecule has 0 aromatic carbocycles. The van der Waals surface area contributed by atoms with Crippen LogP contribution in [0.3, 0.4) is 0 Å². The van der Waals surface area contributed by atoms with Crippen LogP contribution in [0.4, 0.5) is 5.82 Å². The number of carboxylic acids is 1. The summed E-state index contributed by atoms with van der Waals surface area (Å²) in [5.41, 5.74) is 0.906. The number of aryl methyl sites for hydroxylation is 3. The predicted octanol–water partition coefficient (Wildman–Crippen LogP) is 1.53. The smallest absolute Gasteiger partial charge is 0.354 e. The fourth-order valence-corrected chi connectivity index (χ4v) is 2.13. The number of nitrogens with zero attached hydrogens (tertiary/aromatic N) is 4. The van der Waals surface area contributed by atoms with E-state index >= 15 is 0 Å². The van der Waals surface area contributed by atoms with Gasteiger partial charge < -0.3 is 10.4 Å². The Hall–Kier alpha value is -2.64. The van der Waals surface area contributed by atoms with Gasteiger partial charge in [-0.3, -0.25) is 9.48 Å². The van der Waals surface area contributed by atoms with Crippen molar-refractivity contribution in [1.82, 2.24) is 19.6 Å². The van der Waals surface area contributed by atoms with Crippen LogP contribution >= 0.6 is 0 Å². The molecule has 0 atom stereocenters. The lowest BCUT2D eigenvalue weighted by molar-refractivity contribution is -0.116. The number of hydrogen-bond donors (Lipinski definition) is 2. The molecule has 0 aliphatic rings. The van der Waals surface area contributed by atoms with Crippen molar-refractivity contribution in [3.63, 3.8) is 0 Å². The lowest BCUT2D eigenvalue weighted by Gasteiger charge is -2.08. The Morgan fingerprint density at radius 1 is 1.32 bits per heavy atom. The molecule has 0 bridgehead atoms. The molecule has 8 heteroatoms. The van der Waals surface area contributed by atoms with Crippen LogP contribution in [0, 0.1) is 6.92 Å². The molecule has 8 nitrogen and oxygen atoms in total. The van der Waals surface area contributed by atoms with Crippen LogP contribution in [0.1, 0.15) is 35.9 Å². The van der Waals surface area contributed by atoms with Crippen molar-refractivity contribution in [3.8, 4) is 0 Å². The van der Waals surface area contributed by atoms with Crippen LogP contribution in [0.2, 0.25) is 0 Å². The number of carboxylic acid groups (broad SMARTS) is 1. The molecule has 118 valence electrons. The molecule has 0 saturated carbocycles. The number of carbonyl (C=O) groups excluding carboxylic acids is 1. The predicted molar refractivity (Wildman–Crippen MR) is 79.7 cm³/mol. The van der Waals surface area contributed by atoms with Gasteiger partial charge in [-0.15, -0.1) is 0 Å². The normalized spacial score (nSPS) is 10.6. The molecule has 0 aliphatic carbocycles. The van der Waals surface area contributed by atoms with Gasteiger partial charge in [0.15, 0.2) is 0 Å². The molecule has 2 aromatic heterocycles. The fraction of sp³-hybridized carbons (Fsp3) is 0.429. The average Bonchev–Trinajstić information content (AvgIpc) is 3.04. The quantitative estimate of drug-likeness (QED) is 0.807. The highest BCUT2D eigenvalue weighted by Crippen LogP contribution is 2.11. The molecule has 0 spiro atoms. The molecule has 2 aromatic rings. The van der Waals surface area contributed by atoms with Gasteiger partial charge in [0.25, 0.3) is 0 Å². The van der Waals surface area contributed by atoms with Crippen molar-refractivity contribution < 1.29 is 14.7 Å². The van der Waals surface area contributed by atoms with Gasteiger partial charge in [0.1, 0.15) is 11.5 Å². The minimum atomic E-state index is -1.06. The number of nitrogens with one attached hydrogen (secondary N) is 1. The van der Waals surface area contributed by atoms with E-state index in [2.05, 4.69) is 15.5 Å². The molecular weight excluding hydrogens is 286 g/mol.